The molecule has 0 saturated heterocycles. The van der Waals surface area contributed by atoms with Crippen LogP contribution in [-0.4, -0.2) is 33.9 Å². The van der Waals surface area contributed by atoms with Crippen LogP contribution >= 0.6 is 11.8 Å². The minimum Gasteiger partial charge on any atom is -0.480 e. The number of carboxylic acids is 1. The zero-order valence-electron chi connectivity index (χ0n) is 11.2. The Bertz CT molecular complexity index is 439. The van der Waals surface area contributed by atoms with Crippen LogP contribution in [0.2, 0.25) is 0 Å². The molecule has 1 aromatic rings. The van der Waals surface area contributed by atoms with E-state index < -0.39 is 12.0 Å². The zero-order valence-corrected chi connectivity index (χ0v) is 12.0. The maximum atomic E-state index is 11.6. The summed E-state index contributed by atoms with van der Waals surface area (Å²) in [6.07, 6.45) is 0.371. The van der Waals surface area contributed by atoms with Crippen LogP contribution in [-0.2, 0) is 15.3 Å². The topological polar surface area (TPSA) is 92.4 Å². The average molecular weight is 286 g/mol. The van der Waals surface area contributed by atoms with Crippen LogP contribution in [0.3, 0.4) is 0 Å². The number of carboxylic acid groups (broad SMARTS) is 1. The molecular formula is C12H18N2O4S. The fourth-order valence-electron chi connectivity index (χ4n) is 1.53. The number of aliphatic carboxylic acids is 1. The monoisotopic (exact) mass is 286 g/mol. The van der Waals surface area contributed by atoms with E-state index in [0.29, 0.717) is 12.2 Å². The molecule has 1 heterocycles. The molecule has 0 aliphatic carbocycles. The van der Waals surface area contributed by atoms with Gasteiger partial charge >= 0.3 is 5.97 Å². The standard InChI is InChI=1S/C12H18N2O4S/c1-4-10(12(16)17)13-11(15)6-19-5-9-7(2)14-18-8(9)3/h10H,4-6H2,1-3H3,(H,13,15)(H,16,17)/t10-/m0/s1. The molecule has 0 aromatic carbocycles. The SMILES string of the molecule is CC[C@H](NC(=O)CSCc1c(C)noc1C)C(=O)O. The molecule has 0 saturated carbocycles. The third-order valence-corrected chi connectivity index (χ3v) is 3.66. The van der Waals surface area contributed by atoms with E-state index in [1.54, 1.807) is 6.92 Å². The Kier molecular flexibility index (Phi) is 5.88. The molecular weight excluding hydrogens is 268 g/mol. The lowest BCUT2D eigenvalue weighted by molar-refractivity contribution is -0.141. The van der Waals surface area contributed by atoms with Crippen molar-refractivity contribution in [2.45, 2.75) is 39.0 Å². The van der Waals surface area contributed by atoms with Crippen LogP contribution in [0.25, 0.3) is 0 Å². The van der Waals surface area contributed by atoms with Crippen molar-refractivity contribution in [3.05, 3.63) is 17.0 Å². The third kappa shape index (κ3) is 4.59. The Morgan fingerprint density at radius 2 is 2.16 bits per heavy atom. The van der Waals surface area contributed by atoms with Crippen LogP contribution in [0.5, 0.6) is 0 Å². The second kappa shape index (κ2) is 7.18. The van der Waals surface area contributed by atoms with Gasteiger partial charge in [0.15, 0.2) is 0 Å². The summed E-state index contributed by atoms with van der Waals surface area (Å²) in [6, 6.07) is -0.813. The van der Waals surface area contributed by atoms with Gasteiger partial charge in [0, 0.05) is 11.3 Å². The molecule has 2 N–H and O–H groups in total. The number of aromatic nitrogens is 1. The number of hydrogen-bond donors (Lipinski definition) is 2. The first kappa shape index (κ1) is 15.6. The van der Waals surface area contributed by atoms with Crippen LogP contribution in [0.15, 0.2) is 4.52 Å². The van der Waals surface area contributed by atoms with E-state index in [2.05, 4.69) is 10.5 Å². The van der Waals surface area contributed by atoms with E-state index in [1.807, 2.05) is 13.8 Å². The molecule has 0 aliphatic heterocycles. The summed E-state index contributed by atoms with van der Waals surface area (Å²) in [4.78, 5) is 22.4. The first-order valence-corrected chi connectivity index (χ1v) is 7.12. The summed E-state index contributed by atoms with van der Waals surface area (Å²) in [5.41, 5.74) is 1.81. The lowest BCUT2D eigenvalue weighted by Gasteiger charge is -2.11. The molecule has 0 unspecified atom stereocenters. The quantitative estimate of drug-likeness (QED) is 0.789. The number of aryl methyl sites for hydroxylation is 2. The van der Waals surface area contributed by atoms with Gasteiger partial charge in [-0.1, -0.05) is 12.1 Å². The van der Waals surface area contributed by atoms with Crippen LogP contribution in [0.1, 0.15) is 30.4 Å². The Morgan fingerprint density at radius 3 is 2.63 bits per heavy atom. The molecule has 1 rings (SSSR count). The van der Waals surface area contributed by atoms with Gasteiger partial charge in [-0.15, -0.1) is 11.8 Å². The van der Waals surface area contributed by atoms with E-state index in [0.717, 1.165) is 17.0 Å². The van der Waals surface area contributed by atoms with Crippen molar-refractivity contribution >= 4 is 23.6 Å². The van der Waals surface area contributed by atoms with Crippen LogP contribution in [0, 0.1) is 13.8 Å². The normalized spacial score (nSPS) is 12.2. The van der Waals surface area contributed by atoms with E-state index >= 15 is 0 Å². The van der Waals surface area contributed by atoms with Gasteiger partial charge in [0.25, 0.3) is 0 Å². The molecule has 1 aromatic heterocycles. The highest BCUT2D eigenvalue weighted by atomic mass is 32.2. The van der Waals surface area contributed by atoms with Crippen LogP contribution < -0.4 is 5.32 Å². The molecule has 6 nitrogen and oxygen atoms in total. The lowest BCUT2D eigenvalue weighted by atomic mass is 10.2. The number of nitrogens with zero attached hydrogens (tertiary/aromatic N) is 1. The molecule has 19 heavy (non-hydrogen) atoms. The van der Waals surface area contributed by atoms with Gasteiger partial charge in [0.2, 0.25) is 5.91 Å². The van der Waals surface area contributed by atoms with Crippen molar-refractivity contribution in [2.75, 3.05) is 5.75 Å². The van der Waals surface area contributed by atoms with E-state index in [4.69, 9.17) is 9.63 Å². The van der Waals surface area contributed by atoms with Crippen molar-refractivity contribution in [1.29, 1.82) is 0 Å². The number of hydrogen-bond acceptors (Lipinski definition) is 5. The number of carbonyl (C=O) groups is 2. The first-order valence-electron chi connectivity index (χ1n) is 5.97. The Labute approximate surface area is 115 Å². The van der Waals surface area contributed by atoms with Gasteiger partial charge in [-0.05, 0) is 20.3 Å². The maximum absolute atomic E-state index is 11.6. The summed E-state index contributed by atoms with van der Waals surface area (Å²) < 4.78 is 5.02. The zero-order chi connectivity index (χ0) is 14.4. The molecule has 0 spiro atoms. The minimum absolute atomic E-state index is 0.216. The Balaban J connectivity index is 2.37. The predicted octanol–water partition coefficient (Wildman–Crippen LogP) is 1.50. The van der Waals surface area contributed by atoms with Gasteiger partial charge < -0.3 is 14.9 Å². The molecule has 7 heteroatoms. The van der Waals surface area contributed by atoms with Crippen molar-refractivity contribution in [3.8, 4) is 0 Å². The average Bonchev–Trinajstić information content (AvgIpc) is 2.67. The van der Waals surface area contributed by atoms with Gasteiger partial charge in [0.05, 0.1) is 11.4 Å². The molecule has 1 amide bonds. The van der Waals surface area contributed by atoms with Crippen molar-refractivity contribution in [1.82, 2.24) is 10.5 Å². The summed E-state index contributed by atoms with van der Waals surface area (Å²) in [5.74, 6) is 0.312. The highest BCUT2D eigenvalue weighted by molar-refractivity contribution is 7.99. The molecule has 0 bridgehead atoms. The first-order chi connectivity index (χ1) is 8.95. The largest absolute Gasteiger partial charge is 0.480 e. The van der Waals surface area contributed by atoms with E-state index in [1.165, 1.54) is 11.8 Å². The Morgan fingerprint density at radius 1 is 1.47 bits per heavy atom. The second-order valence-corrected chi connectivity index (χ2v) is 5.15. The summed E-state index contributed by atoms with van der Waals surface area (Å²) in [5, 5.41) is 15.1. The fourth-order valence-corrected chi connectivity index (χ4v) is 2.52. The number of carbonyl (C=O) groups excluding carboxylic acids is 1. The van der Waals surface area contributed by atoms with Gasteiger partial charge in [-0.25, -0.2) is 4.79 Å². The summed E-state index contributed by atoms with van der Waals surface area (Å²) in [6.45, 7) is 5.40. The molecule has 0 fully saturated rings. The number of nitrogens with one attached hydrogen (secondary N) is 1. The van der Waals surface area contributed by atoms with E-state index in [-0.39, 0.29) is 11.7 Å². The summed E-state index contributed by atoms with van der Waals surface area (Å²) in [7, 11) is 0. The highest BCUT2D eigenvalue weighted by Gasteiger charge is 2.17. The lowest BCUT2D eigenvalue weighted by Crippen LogP contribution is -2.41. The molecule has 0 radical (unpaired) electrons. The van der Waals surface area contributed by atoms with Gasteiger partial charge in [-0.2, -0.15) is 0 Å². The summed E-state index contributed by atoms with van der Waals surface area (Å²) >= 11 is 1.41. The minimum atomic E-state index is -1.01. The second-order valence-electron chi connectivity index (χ2n) is 4.16. The van der Waals surface area contributed by atoms with Crippen molar-refractivity contribution < 1.29 is 19.2 Å². The van der Waals surface area contributed by atoms with Crippen LogP contribution in [0.4, 0.5) is 0 Å². The molecule has 1 atom stereocenters. The Hall–Kier alpha value is -1.50. The fraction of sp³-hybridized carbons (Fsp3) is 0.583. The molecule has 0 aliphatic rings. The highest BCUT2D eigenvalue weighted by Crippen LogP contribution is 2.19. The van der Waals surface area contributed by atoms with Crippen molar-refractivity contribution in [2.24, 2.45) is 0 Å². The van der Waals surface area contributed by atoms with Gasteiger partial charge in [0.1, 0.15) is 11.8 Å². The maximum Gasteiger partial charge on any atom is 0.326 e. The number of amides is 1. The third-order valence-electron chi connectivity index (χ3n) is 2.70. The number of thioether (sulfide) groups is 1. The van der Waals surface area contributed by atoms with Crippen molar-refractivity contribution in [3.63, 3.8) is 0 Å². The smallest absolute Gasteiger partial charge is 0.326 e. The number of rotatable bonds is 7. The van der Waals surface area contributed by atoms with Gasteiger partial charge in [-0.3, -0.25) is 4.79 Å². The van der Waals surface area contributed by atoms with E-state index in [9.17, 15) is 9.59 Å². The predicted molar refractivity (Wildman–Crippen MR) is 72.0 cm³/mol. The molecule has 106 valence electrons.